The number of rotatable bonds is 10. The van der Waals surface area contributed by atoms with Gasteiger partial charge in [-0.3, -0.25) is 4.21 Å². The quantitative estimate of drug-likeness (QED) is 0.674. The van der Waals surface area contributed by atoms with Gasteiger partial charge in [-0.2, -0.15) is 0 Å². The first-order valence-electron chi connectivity index (χ1n) is 7.44. The van der Waals surface area contributed by atoms with Crippen LogP contribution < -0.4 is 10.1 Å². The molecule has 1 aromatic rings. The second-order valence-corrected chi connectivity index (χ2v) is 6.49. The molecule has 2 unspecified atom stereocenters. The van der Waals surface area contributed by atoms with Gasteiger partial charge in [0.15, 0.2) is 0 Å². The Morgan fingerprint density at radius 3 is 2.65 bits per heavy atom. The van der Waals surface area contributed by atoms with Crippen LogP contribution >= 0.6 is 0 Å². The zero-order valence-corrected chi connectivity index (χ0v) is 13.7. The highest BCUT2D eigenvalue weighted by molar-refractivity contribution is 7.85. The highest BCUT2D eigenvalue weighted by Crippen LogP contribution is 2.25. The number of benzene rings is 1. The van der Waals surface area contributed by atoms with Gasteiger partial charge in [-0.1, -0.05) is 44.9 Å². The van der Waals surface area contributed by atoms with Crippen molar-refractivity contribution in [3.63, 3.8) is 0 Å². The monoisotopic (exact) mass is 297 g/mol. The van der Waals surface area contributed by atoms with E-state index in [4.69, 9.17) is 4.74 Å². The molecule has 0 amide bonds. The molecule has 0 spiro atoms. The molecule has 20 heavy (non-hydrogen) atoms. The second-order valence-electron chi connectivity index (χ2n) is 4.87. The third kappa shape index (κ3) is 5.63. The fraction of sp³-hybridized carbons (Fsp3) is 0.625. The Morgan fingerprint density at radius 2 is 2.00 bits per heavy atom. The van der Waals surface area contributed by atoms with Crippen molar-refractivity contribution in [2.24, 2.45) is 0 Å². The van der Waals surface area contributed by atoms with Crippen molar-refractivity contribution < 1.29 is 8.95 Å². The summed E-state index contributed by atoms with van der Waals surface area (Å²) >= 11 is 0. The van der Waals surface area contributed by atoms with Crippen LogP contribution in [0.25, 0.3) is 0 Å². The van der Waals surface area contributed by atoms with Crippen LogP contribution in [0.2, 0.25) is 0 Å². The van der Waals surface area contributed by atoms with Gasteiger partial charge in [0.25, 0.3) is 0 Å². The Hall–Kier alpha value is -0.870. The molecule has 0 aromatic heterocycles. The van der Waals surface area contributed by atoms with Gasteiger partial charge in [-0.15, -0.1) is 0 Å². The Morgan fingerprint density at radius 1 is 1.25 bits per heavy atom. The Labute approximate surface area is 125 Å². The Bertz CT molecular complexity index is 409. The zero-order valence-electron chi connectivity index (χ0n) is 12.9. The Balaban J connectivity index is 2.70. The van der Waals surface area contributed by atoms with Crippen LogP contribution in [0.4, 0.5) is 0 Å². The summed E-state index contributed by atoms with van der Waals surface area (Å²) in [7, 11) is 0.899. The number of hydrogen-bond donors (Lipinski definition) is 1. The van der Waals surface area contributed by atoms with Gasteiger partial charge in [0.1, 0.15) is 5.75 Å². The van der Waals surface area contributed by atoms with E-state index in [1.807, 2.05) is 18.2 Å². The number of unbranched alkanes of at least 4 members (excludes halogenated alkanes) is 2. The number of methoxy groups -OCH3 is 1. The summed E-state index contributed by atoms with van der Waals surface area (Å²) in [6.07, 6.45) is 3.38. The number of hydrogen-bond acceptors (Lipinski definition) is 3. The molecule has 1 N–H and O–H groups in total. The van der Waals surface area contributed by atoms with E-state index in [2.05, 4.69) is 25.2 Å². The maximum Gasteiger partial charge on any atom is 0.123 e. The highest BCUT2D eigenvalue weighted by Gasteiger charge is 2.17. The predicted molar refractivity (Wildman–Crippen MR) is 86.8 cm³/mol. The minimum atomic E-state index is -0.782. The van der Waals surface area contributed by atoms with Crippen LogP contribution in [0.1, 0.15) is 44.7 Å². The zero-order chi connectivity index (χ0) is 14.8. The number of ether oxygens (including phenoxy) is 1. The van der Waals surface area contributed by atoms with E-state index in [0.717, 1.165) is 36.5 Å². The molecule has 0 aliphatic carbocycles. The smallest absolute Gasteiger partial charge is 0.123 e. The van der Waals surface area contributed by atoms with Gasteiger partial charge in [0.05, 0.1) is 7.11 Å². The van der Waals surface area contributed by atoms with Gasteiger partial charge >= 0.3 is 0 Å². The summed E-state index contributed by atoms with van der Waals surface area (Å²) in [6.45, 7) is 5.09. The average Bonchev–Trinajstić information content (AvgIpc) is 2.47. The van der Waals surface area contributed by atoms with Crippen LogP contribution in [-0.2, 0) is 10.8 Å². The summed E-state index contributed by atoms with van der Waals surface area (Å²) < 4.78 is 17.6. The van der Waals surface area contributed by atoms with Crippen molar-refractivity contribution in [2.45, 2.75) is 39.2 Å². The molecular weight excluding hydrogens is 270 g/mol. The van der Waals surface area contributed by atoms with Crippen LogP contribution in [0.15, 0.2) is 24.3 Å². The standard InChI is InChI=1S/C16H27NO2S/c1-4-6-9-12-20(18)13-15(17-5-2)14-10-7-8-11-16(14)19-3/h7-8,10-11,15,17H,4-6,9,12-13H2,1-3H3. The summed E-state index contributed by atoms with van der Waals surface area (Å²) in [4.78, 5) is 0. The number of nitrogens with one attached hydrogen (secondary N) is 1. The average molecular weight is 297 g/mol. The first kappa shape index (κ1) is 17.2. The molecule has 1 aromatic carbocycles. The first-order valence-corrected chi connectivity index (χ1v) is 8.93. The van der Waals surface area contributed by atoms with Gasteiger partial charge in [-0.05, 0) is 19.0 Å². The molecule has 0 aliphatic rings. The summed E-state index contributed by atoms with van der Waals surface area (Å²) in [5.74, 6) is 2.31. The van der Waals surface area contributed by atoms with Crippen molar-refractivity contribution in [1.29, 1.82) is 0 Å². The van der Waals surface area contributed by atoms with Crippen molar-refractivity contribution in [3.05, 3.63) is 29.8 Å². The van der Waals surface area contributed by atoms with Crippen LogP contribution in [-0.4, -0.2) is 29.4 Å². The third-order valence-electron chi connectivity index (χ3n) is 3.29. The van der Waals surface area contributed by atoms with Crippen molar-refractivity contribution >= 4 is 10.8 Å². The lowest BCUT2D eigenvalue weighted by molar-refractivity contribution is 0.402. The predicted octanol–water partition coefficient (Wildman–Crippen LogP) is 3.28. The van der Waals surface area contributed by atoms with Gasteiger partial charge in [0, 0.05) is 33.9 Å². The van der Waals surface area contributed by atoms with E-state index in [9.17, 15) is 4.21 Å². The molecule has 114 valence electrons. The maximum absolute atomic E-state index is 12.2. The van der Waals surface area contributed by atoms with Gasteiger partial charge < -0.3 is 10.1 Å². The van der Waals surface area contributed by atoms with E-state index in [1.165, 1.54) is 6.42 Å². The normalized spacial score (nSPS) is 13.9. The summed E-state index contributed by atoms with van der Waals surface area (Å²) in [5.41, 5.74) is 1.10. The van der Waals surface area contributed by atoms with Crippen molar-refractivity contribution in [3.8, 4) is 5.75 Å². The third-order valence-corrected chi connectivity index (χ3v) is 4.74. The SMILES string of the molecule is CCCCCS(=O)CC(NCC)c1ccccc1OC. The lowest BCUT2D eigenvalue weighted by atomic mass is 10.1. The lowest BCUT2D eigenvalue weighted by Gasteiger charge is -2.20. The largest absolute Gasteiger partial charge is 0.496 e. The van der Waals surface area contributed by atoms with Crippen LogP contribution in [0, 0.1) is 0 Å². The van der Waals surface area contributed by atoms with Crippen LogP contribution in [0.5, 0.6) is 5.75 Å². The van der Waals surface area contributed by atoms with Crippen LogP contribution in [0.3, 0.4) is 0 Å². The highest BCUT2D eigenvalue weighted by atomic mass is 32.2. The molecule has 1 rings (SSSR count). The minimum Gasteiger partial charge on any atom is -0.496 e. The molecular formula is C16H27NO2S. The molecule has 3 nitrogen and oxygen atoms in total. The Kier molecular flexibility index (Phi) is 8.54. The van der Waals surface area contributed by atoms with Gasteiger partial charge in [0.2, 0.25) is 0 Å². The topological polar surface area (TPSA) is 38.3 Å². The fourth-order valence-electron chi connectivity index (χ4n) is 2.24. The van der Waals surface area contributed by atoms with E-state index in [1.54, 1.807) is 7.11 Å². The molecule has 0 saturated heterocycles. The maximum atomic E-state index is 12.2. The fourth-order valence-corrected chi connectivity index (χ4v) is 3.60. The van der Waals surface area contributed by atoms with E-state index >= 15 is 0 Å². The minimum absolute atomic E-state index is 0.0959. The first-order chi connectivity index (χ1) is 9.72. The molecule has 2 atom stereocenters. The molecule has 0 fully saturated rings. The molecule has 0 heterocycles. The lowest BCUT2D eigenvalue weighted by Crippen LogP contribution is -2.27. The van der Waals surface area contributed by atoms with Crippen molar-refractivity contribution in [2.75, 3.05) is 25.2 Å². The van der Waals surface area contributed by atoms with E-state index in [-0.39, 0.29) is 6.04 Å². The van der Waals surface area contributed by atoms with E-state index < -0.39 is 10.8 Å². The molecule has 0 aliphatic heterocycles. The molecule has 4 heteroatoms. The van der Waals surface area contributed by atoms with Crippen molar-refractivity contribution in [1.82, 2.24) is 5.32 Å². The molecule has 0 radical (unpaired) electrons. The summed E-state index contributed by atoms with van der Waals surface area (Å²) in [6, 6.07) is 8.07. The van der Waals surface area contributed by atoms with E-state index in [0.29, 0.717) is 5.75 Å². The van der Waals surface area contributed by atoms with Gasteiger partial charge in [-0.25, -0.2) is 0 Å². The molecule has 0 bridgehead atoms. The number of para-hydroxylation sites is 1. The summed E-state index contributed by atoms with van der Waals surface area (Å²) in [5, 5.41) is 3.42. The second kappa shape index (κ2) is 9.94. The molecule has 0 saturated carbocycles.